The highest BCUT2D eigenvalue weighted by molar-refractivity contribution is 6.06. The smallest absolute Gasteiger partial charge is 0.269 e. The number of rotatable bonds is 4. The van der Waals surface area contributed by atoms with Crippen LogP contribution in [0.3, 0.4) is 0 Å². The van der Waals surface area contributed by atoms with E-state index in [1.54, 1.807) is 24.0 Å². The summed E-state index contributed by atoms with van der Waals surface area (Å²) >= 11 is 0. The zero-order chi connectivity index (χ0) is 24.5. The third-order valence-corrected chi connectivity index (χ3v) is 6.75. The first-order valence-corrected chi connectivity index (χ1v) is 11.7. The lowest BCUT2D eigenvalue weighted by atomic mass is 9.78. The Morgan fingerprint density at radius 1 is 0.971 bits per heavy atom. The summed E-state index contributed by atoms with van der Waals surface area (Å²) in [7, 11) is 0. The van der Waals surface area contributed by atoms with Crippen LogP contribution in [0, 0.1) is 10.1 Å². The monoisotopic (exact) mass is 467 g/mol. The Labute approximate surface area is 203 Å². The van der Waals surface area contributed by atoms with Crippen LogP contribution in [0.4, 0.5) is 17.1 Å². The largest absolute Gasteiger partial charge is 0.357 e. The van der Waals surface area contributed by atoms with Crippen molar-refractivity contribution in [1.82, 2.24) is 0 Å². The van der Waals surface area contributed by atoms with Crippen molar-refractivity contribution >= 4 is 28.8 Å². The molecule has 2 aliphatic rings. The van der Waals surface area contributed by atoms with Crippen LogP contribution in [-0.4, -0.2) is 16.6 Å². The van der Waals surface area contributed by atoms with Gasteiger partial charge in [0.1, 0.15) is 0 Å². The van der Waals surface area contributed by atoms with Crippen molar-refractivity contribution in [2.75, 3.05) is 10.2 Å². The Hall–Kier alpha value is -4.26. The zero-order valence-corrected chi connectivity index (χ0v) is 19.3. The first-order valence-electron chi connectivity index (χ1n) is 11.7. The van der Waals surface area contributed by atoms with E-state index in [-0.39, 0.29) is 29.7 Å². The Morgan fingerprint density at radius 2 is 1.66 bits per heavy atom. The summed E-state index contributed by atoms with van der Waals surface area (Å²) < 4.78 is 0. The number of nitro groups is 1. The Kier molecular flexibility index (Phi) is 5.91. The Balaban J connectivity index is 1.70. The minimum Gasteiger partial charge on any atom is -0.357 e. The molecule has 5 rings (SSSR count). The number of anilines is 2. The minimum absolute atomic E-state index is 0.0213. The van der Waals surface area contributed by atoms with Crippen molar-refractivity contribution in [2.45, 2.75) is 38.1 Å². The topological polar surface area (TPSA) is 92.6 Å². The van der Waals surface area contributed by atoms with E-state index < -0.39 is 11.0 Å². The Morgan fingerprint density at radius 3 is 2.34 bits per heavy atom. The van der Waals surface area contributed by atoms with Gasteiger partial charge in [-0.2, -0.15) is 0 Å². The van der Waals surface area contributed by atoms with Gasteiger partial charge in [-0.1, -0.05) is 49.4 Å². The molecule has 7 heteroatoms. The molecule has 0 fully saturated rings. The van der Waals surface area contributed by atoms with Gasteiger partial charge in [0.2, 0.25) is 5.91 Å². The molecule has 35 heavy (non-hydrogen) atoms. The minimum atomic E-state index is -0.682. The molecule has 1 heterocycles. The molecule has 0 saturated heterocycles. The molecule has 1 amide bonds. The molecule has 176 valence electrons. The van der Waals surface area contributed by atoms with E-state index in [2.05, 4.69) is 5.32 Å². The van der Waals surface area contributed by atoms with Crippen molar-refractivity contribution in [2.24, 2.45) is 0 Å². The number of fused-ring (bicyclic) bond motifs is 1. The first kappa shape index (κ1) is 22.5. The molecule has 0 radical (unpaired) electrons. The zero-order valence-electron chi connectivity index (χ0n) is 19.3. The number of hydrogen-bond acceptors (Lipinski definition) is 5. The lowest BCUT2D eigenvalue weighted by molar-refractivity contribution is -0.384. The van der Waals surface area contributed by atoms with E-state index >= 15 is 0 Å². The van der Waals surface area contributed by atoms with E-state index in [0.717, 1.165) is 16.9 Å². The van der Waals surface area contributed by atoms with Crippen LogP contribution in [0.5, 0.6) is 0 Å². The molecule has 3 aromatic rings. The molecule has 0 aromatic heterocycles. The number of hydrogen-bond donors (Lipinski definition) is 1. The summed E-state index contributed by atoms with van der Waals surface area (Å²) in [5, 5.41) is 14.7. The number of nitrogens with one attached hydrogen (secondary N) is 1. The summed E-state index contributed by atoms with van der Waals surface area (Å²) in [4.78, 5) is 39.6. The molecule has 3 aromatic carbocycles. The van der Waals surface area contributed by atoms with Gasteiger partial charge in [-0.3, -0.25) is 24.6 Å². The number of allylic oxidation sites excluding steroid dienone is 1. The van der Waals surface area contributed by atoms with Crippen molar-refractivity contribution in [3.8, 4) is 0 Å². The summed E-state index contributed by atoms with van der Waals surface area (Å²) in [6.07, 6.45) is 1.21. The molecule has 0 unspecified atom stereocenters. The second-order valence-electron chi connectivity index (χ2n) is 8.84. The molecule has 1 aliphatic heterocycles. The number of para-hydroxylation sites is 2. The normalized spacial score (nSPS) is 19.3. The number of amides is 1. The van der Waals surface area contributed by atoms with Gasteiger partial charge >= 0.3 is 0 Å². The van der Waals surface area contributed by atoms with E-state index in [0.29, 0.717) is 29.7 Å². The van der Waals surface area contributed by atoms with Crippen molar-refractivity contribution in [3.63, 3.8) is 0 Å². The first-order chi connectivity index (χ1) is 17.0. The highest BCUT2D eigenvalue weighted by Crippen LogP contribution is 2.47. The van der Waals surface area contributed by atoms with Crippen molar-refractivity contribution < 1.29 is 14.5 Å². The van der Waals surface area contributed by atoms with Gasteiger partial charge in [0.05, 0.1) is 22.3 Å². The van der Waals surface area contributed by atoms with Crippen LogP contribution in [-0.2, 0) is 9.59 Å². The second-order valence-corrected chi connectivity index (χ2v) is 8.84. The molecular formula is C28H25N3O4. The van der Waals surface area contributed by atoms with E-state index in [9.17, 15) is 19.7 Å². The third kappa shape index (κ3) is 4.10. The SMILES string of the molecule is CCC(=O)N1c2ccccc2NC2=C(C(=O)C[C@@H](c3ccccc3)C2)[C@H]1c1ccc([N+](=O)[O-])cc1. The van der Waals surface area contributed by atoms with Gasteiger partial charge in [0.25, 0.3) is 5.69 Å². The number of ketones is 1. The van der Waals surface area contributed by atoms with Gasteiger partial charge in [-0.15, -0.1) is 0 Å². The average Bonchev–Trinajstić information content (AvgIpc) is 3.03. The summed E-state index contributed by atoms with van der Waals surface area (Å²) in [6, 6.07) is 23.0. The summed E-state index contributed by atoms with van der Waals surface area (Å²) in [5.41, 5.74) is 4.49. The third-order valence-electron chi connectivity index (χ3n) is 6.75. The van der Waals surface area contributed by atoms with Crippen LogP contribution in [0.15, 0.2) is 90.1 Å². The van der Waals surface area contributed by atoms with Gasteiger partial charge in [-0.05, 0) is 47.7 Å². The molecule has 0 saturated carbocycles. The van der Waals surface area contributed by atoms with E-state index in [1.807, 2.05) is 54.6 Å². The lowest BCUT2D eigenvalue weighted by Gasteiger charge is -2.35. The van der Waals surface area contributed by atoms with Crippen LogP contribution >= 0.6 is 0 Å². The van der Waals surface area contributed by atoms with Crippen LogP contribution in [0.2, 0.25) is 0 Å². The van der Waals surface area contributed by atoms with Crippen molar-refractivity contribution in [1.29, 1.82) is 0 Å². The fourth-order valence-electron chi connectivity index (χ4n) is 5.09. The fourth-order valence-corrected chi connectivity index (χ4v) is 5.09. The highest BCUT2D eigenvalue weighted by atomic mass is 16.6. The average molecular weight is 468 g/mol. The van der Waals surface area contributed by atoms with Crippen molar-refractivity contribution in [3.05, 3.63) is 111 Å². The molecule has 7 nitrogen and oxygen atoms in total. The quantitative estimate of drug-likeness (QED) is 0.381. The molecular weight excluding hydrogens is 442 g/mol. The molecule has 1 N–H and O–H groups in total. The van der Waals surface area contributed by atoms with Crippen LogP contribution in [0.25, 0.3) is 0 Å². The van der Waals surface area contributed by atoms with Gasteiger partial charge in [0.15, 0.2) is 5.78 Å². The summed E-state index contributed by atoms with van der Waals surface area (Å²) in [5.74, 6) is -0.139. The van der Waals surface area contributed by atoms with Gasteiger partial charge in [-0.25, -0.2) is 0 Å². The summed E-state index contributed by atoms with van der Waals surface area (Å²) in [6.45, 7) is 1.79. The lowest BCUT2D eigenvalue weighted by Crippen LogP contribution is -2.38. The fraction of sp³-hybridized carbons (Fsp3) is 0.214. The maximum Gasteiger partial charge on any atom is 0.269 e. The van der Waals surface area contributed by atoms with Crippen LogP contribution in [0.1, 0.15) is 49.3 Å². The molecule has 0 spiro atoms. The number of benzene rings is 3. The second kappa shape index (κ2) is 9.18. The molecule has 1 aliphatic carbocycles. The number of nitrogens with zero attached hydrogens (tertiary/aromatic N) is 2. The number of non-ortho nitro benzene ring substituents is 1. The molecule has 0 bridgehead atoms. The number of carbonyl (C=O) groups excluding carboxylic acids is 2. The number of Topliss-reactive ketones (excluding diaryl/α,β-unsaturated/α-hetero) is 1. The van der Waals surface area contributed by atoms with E-state index in [4.69, 9.17) is 0 Å². The maximum atomic E-state index is 13.8. The van der Waals surface area contributed by atoms with Crippen LogP contribution < -0.4 is 10.2 Å². The predicted molar refractivity (Wildman–Crippen MR) is 134 cm³/mol. The predicted octanol–water partition coefficient (Wildman–Crippen LogP) is 5.91. The Bertz CT molecular complexity index is 1330. The van der Waals surface area contributed by atoms with Gasteiger partial charge < -0.3 is 5.32 Å². The number of carbonyl (C=O) groups is 2. The number of nitro benzene ring substituents is 1. The standard InChI is InChI=1S/C28H25N3O4/c1-2-26(33)30-24-11-7-6-10-22(24)29-23-16-20(18-8-4-3-5-9-18)17-25(32)27(23)28(30)19-12-14-21(15-13-19)31(34)35/h3-15,20,28-29H,2,16-17H2,1H3/t20-,28+/m0/s1. The maximum absolute atomic E-state index is 13.8. The van der Waals surface area contributed by atoms with Gasteiger partial charge in [0, 0.05) is 36.2 Å². The highest BCUT2D eigenvalue weighted by Gasteiger charge is 2.41. The molecule has 2 atom stereocenters. The van der Waals surface area contributed by atoms with E-state index in [1.165, 1.54) is 12.1 Å².